The Kier molecular flexibility index (Phi) is 5.83. The number of benzene rings is 2. The second-order valence-electron chi connectivity index (χ2n) is 7.60. The van der Waals surface area contributed by atoms with Gasteiger partial charge < -0.3 is 10.6 Å². The van der Waals surface area contributed by atoms with Crippen LogP contribution in [-0.2, 0) is 4.79 Å². The molecule has 0 aliphatic carbocycles. The van der Waals surface area contributed by atoms with E-state index in [9.17, 15) is 4.79 Å². The summed E-state index contributed by atoms with van der Waals surface area (Å²) in [4.78, 5) is 20.3. The number of fused-ring (bicyclic) bond motifs is 1. The number of aromatic nitrogens is 2. The molecule has 2 aromatic heterocycles. The topological polar surface area (TPSA) is 79.3 Å². The lowest BCUT2D eigenvalue weighted by molar-refractivity contribution is -0.119. The standard InChI is InChI=1S/C24H20ClN5OS/c25-22-18(16-5-2-1-3-6-16)7-4-8-19(22)29-24-23-20(32-30-24)11-15(13-27-23)12-26-14-17-9-10-21(31)28-17/h1-8,11-13,17H,9-10,14H2,(H,28,31)(H,29,30). The number of hydrogen-bond acceptors (Lipinski definition) is 6. The quantitative estimate of drug-likeness (QED) is 0.374. The first-order chi connectivity index (χ1) is 15.7. The second kappa shape index (κ2) is 9.06. The van der Waals surface area contributed by atoms with E-state index in [1.807, 2.05) is 54.6 Å². The Morgan fingerprint density at radius 3 is 2.91 bits per heavy atom. The maximum atomic E-state index is 11.3. The lowest BCUT2D eigenvalue weighted by Gasteiger charge is -2.11. The maximum absolute atomic E-state index is 11.3. The first-order valence-electron chi connectivity index (χ1n) is 10.3. The van der Waals surface area contributed by atoms with Crippen molar-refractivity contribution >= 4 is 57.0 Å². The summed E-state index contributed by atoms with van der Waals surface area (Å²) in [5, 5.41) is 6.90. The van der Waals surface area contributed by atoms with Gasteiger partial charge >= 0.3 is 0 Å². The fraction of sp³-hybridized carbons (Fsp3) is 0.167. The SMILES string of the molecule is O=C1CCC(CN=Cc2cnc3c(Nc4cccc(-c5ccccc5)c4Cl)nsc3c2)N1. The first-order valence-corrected chi connectivity index (χ1v) is 11.5. The zero-order valence-electron chi connectivity index (χ0n) is 17.1. The average molecular weight is 462 g/mol. The minimum Gasteiger partial charge on any atom is -0.351 e. The van der Waals surface area contributed by atoms with Gasteiger partial charge in [-0.05, 0) is 35.6 Å². The van der Waals surface area contributed by atoms with E-state index >= 15 is 0 Å². The fourth-order valence-electron chi connectivity index (χ4n) is 3.69. The van der Waals surface area contributed by atoms with E-state index in [1.165, 1.54) is 11.5 Å². The molecule has 1 fully saturated rings. The van der Waals surface area contributed by atoms with Crippen molar-refractivity contribution in [2.45, 2.75) is 18.9 Å². The second-order valence-corrected chi connectivity index (χ2v) is 8.79. The number of nitrogens with zero attached hydrogens (tertiary/aromatic N) is 3. The van der Waals surface area contributed by atoms with Crippen LogP contribution in [0.5, 0.6) is 0 Å². The lowest BCUT2D eigenvalue weighted by Crippen LogP contribution is -2.27. The smallest absolute Gasteiger partial charge is 0.220 e. The van der Waals surface area contributed by atoms with Crippen molar-refractivity contribution in [1.29, 1.82) is 0 Å². The molecular formula is C24H20ClN5OS. The van der Waals surface area contributed by atoms with E-state index in [4.69, 9.17) is 11.6 Å². The molecule has 1 atom stereocenters. The zero-order valence-corrected chi connectivity index (χ0v) is 18.7. The third-order valence-electron chi connectivity index (χ3n) is 5.32. The number of nitrogens with one attached hydrogen (secondary N) is 2. The Labute approximate surface area is 194 Å². The molecule has 32 heavy (non-hydrogen) atoms. The number of hydrogen-bond donors (Lipinski definition) is 2. The van der Waals surface area contributed by atoms with Gasteiger partial charge in [0.15, 0.2) is 5.82 Å². The van der Waals surface area contributed by atoms with Gasteiger partial charge in [-0.25, -0.2) is 0 Å². The van der Waals surface area contributed by atoms with E-state index in [1.54, 1.807) is 12.4 Å². The van der Waals surface area contributed by atoms with Crippen LogP contribution < -0.4 is 10.6 Å². The molecule has 0 radical (unpaired) electrons. The average Bonchev–Trinajstić information content (AvgIpc) is 3.41. The highest BCUT2D eigenvalue weighted by molar-refractivity contribution is 7.13. The van der Waals surface area contributed by atoms with E-state index in [2.05, 4.69) is 25.0 Å². The van der Waals surface area contributed by atoms with Crippen LogP contribution in [0.1, 0.15) is 18.4 Å². The number of aliphatic imine (C=N–C) groups is 1. The third-order valence-corrected chi connectivity index (χ3v) is 6.51. The summed E-state index contributed by atoms with van der Waals surface area (Å²) >= 11 is 8.08. The summed E-state index contributed by atoms with van der Waals surface area (Å²) in [5.41, 5.74) is 4.49. The van der Waals surface area contributed by atoms with Crippen LogP contribution in [0.3, 0.4) is 0 Å². The number of carbonyl (C=O) groups excluding carboxylic acids is 1. The molecule has 2 N–H and O–H groups in total. The van der Waals surface area contributed by atoms with Gasteiger partial charge in [-0.3, -0.25) is 14.8 Å². The van der Waals surface area contributed by atoms with Crippen LogP contribution in [-0.4, -0.2) is 34.1 Å². The number of pyridine rings is 1. The molecule has 3 heterocycles. The van der Waals surface area contributed by atoms with Crippen molar-refractivity contribution in [3.8, 4) is 11.1 Å². The molecule has 0 bridgehead atoms. The molecule has 8 heteroatoms. The zero-order chi connectivity index (χ0) is 21.9. The van der Waals surface area contributed by atoms with Gasteiger partial charge in [0, 0.05) is 36.0 Å². The summed E-state index contributed by atoms with van der Waals surface area (Å²) < 4.78 is 5.50. The van der Waals surface area contributed by atoms with Crippen LogP contribution in [0.15, 0.2) is 65.8 Å². The van der Waals surface area contributed by atoms with Gasteiger partial charge in [0.2, 0.25) is 5.91 Å². The Balaban J connectivity index is 1.34. The first kappa shape index (κ1) is 20.6. The molecule has 1 aliphatic rings. The molecule has 4 aromatic rings. The van der Waals surface area contributed by atoms with Crippen molar-refractivity contribution in [1.82, 2.24) is 14.7 Å². The van der Waals surface area contributed by atoms with Crippen molar-refractivity contribution < 1.29 is 4.79 Å². The Hall–Kier alpha value is -3.29. The van der Waals surface area contributed by atoms with E-state index in [0.717, 1.165) is 39.0 Å². The van der Waals surface area contributed by atoms with Gasteiger partial charge in [-0.15, -0.1) is 0 Å². The monoisotopic (exact) mass is 461 g/mol. The predicted octanol–water partition coefficient (Wildman–Crippen LogP) is 5.45. The largest absolute Gasteiger partial charge is 0.351 e. The summed E-state index contributed by atoms with van der Waals surface area (Å²) in [5.74, 6) is 0.779. The van der Waals surface area contributed by atoms with E-state index < -0.39 is 0 Å². The lowest BCUT2D eigenvalue weighted by atomic mass is 10.1. The molecule has 0 saturated carbocycles. The molecular weight excluding hydrogens is 442 g/mol. The number of rotatable bonds is 6. The molecule has 160 valence electrons. The highest BCUT2D eigenvalue weighted by Gasteiger charge is 2.19. The molecule has 1 saturated heterocycles. The molecule has 1 aliphatic heterocycles. The predicted molar refractivity (Wildman–Crippen MR) is 131 cm³/mol. The number of halogens is 1. The van der Waals surface area contributed by atoms with Gasteiger partial charge in [-0.2, -0.15) is 4.37 Å². The number of anilines is 2. The number of carbonyl (C=O) groups is 1. The molecule has 5 rings (SSSR count). The van der Waals surface area contributed by atoms with Crippen LogP contribution in [0.4, 0.5) is 11.5 Å². The van der Waals surface area contributed by atoms with Gasteiger partial charge in [-0.1, -0.05) is 54.1 Å². The van der Waals surface area contributed by atoms with Crippen LogP contribution in [0.2, 0.25) is 5.02 Å². The Morgan fingerprint density at radius 2 is 2.09 bits per heavy atom. The summed E-state index contributed by atoms with van der Waals surface area (Å²) in [6.07, 6.45) is 5.00. The minimum atomic E-state index is 0.104. The van der Waals surface area contributed by atoms with Gasteiger partial charge in [0.25, 0.3) is 0 Å². The normalized spacial score (nSPS) is 16.0. The third kappa shape index (κ3) is 4.35. The summed E-state index contributed by atoms with van der Waals surface area (Å²) in [7, 11) is 0. The molecule has 2 aromatic carbocycles. The molecule has 1 amide bonds. The van der Waals surface area contributed by atoms with Crippen LogP contribution in [0.25, 0.3) is 21.3 Å². The van der Waals surface area contributed by atoms with Gasteiger partial charge in [0.1, 0.15) is 5.52 Å². The minimum absolute atomic E-state index is 0.104. The van der Waals surface area contributed by atoms with Crippen molar-refractivity contribution in [3.05, 3.63) is 71.4 Å². The fourth-order valence-corrected chi connectivity index (χ4v) is 4.72. The molecule has 0 spiro atoms. The molecule has 1 unspecified atom stereocenters. The van der Waals surface area contributed by atoms with Crippen LogP contribution >= 0.6 is 23.1 Å². The number of amides is 1. The summed E-state index contributed by atoms with van der Waals surface area (Å²) in [6.45, 7) is 0.579. The highest BCUT2D eigenvalue weighted by Crippen LogP contribution is 2.36. The highest BCUT2D eigenvalue weighted by atomic mass is 35.5. The maximum Gasteiger partial charge on any atom is 0.220 e. The van der Waals surface area contributed by atoms with E-state index in [0.29, 0.717) is 23.8 Å². The van der Waals surface area contributed by atoms with Crippen LogP contribution in [0, 0.1) is 0 Å². The van der Waals surface area contributed by atoms with Gasteiger partial charge in [0.05, 0.1) is 22.0 Å². The van der Waals surface area contributed by atoms with Crippen molar-refractivity contribution in [2.24, 2.45) is 4.99 Å². The summed E-state index contributed by atoms with van der Waals surface area (Å²) in [6, 6.07) is 18.1. The van der Waals surface area contributed by atoms with Crippen molar-refractivity contribution in [2.75, 3.05) is 11.9 Å². The van der Waals surface area contributed by atoms with E-state index in [-0.39, 0.29) is 11.9 Å². The Bertz CT molecular complexity index is 1300. The van der Waals surface area contributed by atoms with Crippen molar-refractivity contribution in [3.63, 3.8) is 0 Å². The Morgan fingerprint density at radius 1 is 1.22 bits per heavy atom. The molecule has 6 nitrogen and oxygen atoms in total.